The Morgan fingerprint density at radius 1 is 0.328 bits per heavy atom. The zero-order valence-corrected chi connectivity index (χ0v) is 34.4. The van der Waals surface area contributed by atoms with Crippen molar-refractivity contribution in [3.63, 3.8) is 0 Å². The van der Waals surface area contributed by atoms with Gasteiger partial charge in [0.2, 0.25) is 11.9 Å². The van der Waals surface area contributed by atoms with E-state index in [2.05, 4.69) is 82.3 Å². The van der Waals surface area contributed by atoms with Gasteiger partial charge in [-0.15, -0.1) is 0 Å². The maximum absolute atomic E-state index is 5.25. The number of hydrogen-bond donors (Lipinski definition) is 0. The molecule has 9 aromatic rings. The van der Waals surface area contributed by atoms with Gasteiger partial charge in [-0.2, -0.15) is 19.9 Å². The molecule has 0 aliphatic heterocycles. The van der Waals surface area contributed by atoms with Crippen molar-refractivity contribution in [2.24, 2.45) is 0 Å². The predicted molar refractivity (Wildman–Crippen MR) is 245 cm³/mol. The molecule has 0 atom stereocenters. The molecule has 0 fully saturated rings. The topological polar surface area (TPSA) is 80.6 Å². The Bertz CT molecular complexity index is 2890. The Labute approximate surface area is 355 Å². The van der Waals surface area contributed by atoms with Gasteiger partial charge in [-0.1, -0.05) is 191 Å². The lowest BCUT2D eigenvalue weighted by atomic mass is 9.72. The Hall–Kier alpha value is -7.64. The Balaban J connectivity index is 1.16. The SMILES string of the molecule is CC1(C)c2ccccc2-c2ccc3c(c21)C(C)(C)c1cc(N(c2nc(-c4ccccc4)nc(-c4ccccc4)n2)c2nc(-c4ccccc4)nc(-c4ccccc4)n2)ccc1-3. The summed E-state index contributed by atoms with van der Waals surface area (Å²) in [4.78, 5) is 33.1. The van der Waals surface area contributed by atoms with Gasteiger partial charge in [0.1, 0.15) is 0 Å². The van der Waals surface area contributed by atoms with Crippen molar-refractivity contribution < 1.29 is 0 Å². The first kappa shape index (κ1) is 36.4. The number of anilines is 3. The number of aromatic nitrogens is 6. The molecule has 0 N–H and O–H groups in total. The maximum atomic E-state index is 5.25. The van der Waals surface area contributed by atoms with E-state index in [9.17, 15) is 0 Å². The number of nitrogens with zero attached hydrogens (tertiary/aromatic N) is 7. The molecule has 11 rings (SSSR count). The van der Waals surface area contributed by atoms with Crippen molar-refractivity contribution in [1.82, 2.24) is 29.9 Å². The van der Waals surface area contributed by atoms with E-state index in [0.29, 0.717) is 35.2 Å². The molecule has 0 radical (unpaired) electrons. The van der Waals surface area contributed by atoms with Crippen LogP contribution in [0.15, 0.2) is 176 Å². The highest BCUT2D eigenvalue weighted by molar-refractivity contribution is 5.92. The van der Waals surface area contributed by atoms with Crippen LogP contribution in [0.3, 0.4) is 0 Å². The molecular formula is C54H41N7. The van der Waals surface area contributed by atoms with E-state index in [1.54, 1.807) is 0 Å². The van der Waals surface area contributed by atoms with Crippen molar-refractivity contribution in [3.8, 4) is 67.8 Å². The fourth-order valence-corrected chi connectivity index (χ4v) is 9.42. The van der Waals surface area contributed by atoms with Crippen LogP contribution in [0.1, 0.15) is 49.9 Å². The summed E-state index contributed by atoms with van der Waals surface area (Å²) >= 11 is 0. The van der Waals surface area contributed by atoms with Gasteiger partial charge in [0.05, 0.1) is 5.69 Å². The van der Waals surface area contributed by atoms with E-state index < -0.39 is 0 Å². The fourth-order valence-electron chi connectivity index (χ4n) is 9.42. The largest absolute Gasteiger partial charge is 0.246 e. The summed E-state index contributed by atoms with van der Waals surface area (Å²) in [7, 11) is 0. The average molecular weight is 788 g/mol. The minimum absolute atomic E-state index is 0.162. The maximum Gasteiger partial charge on any atom is 0.241 e. The van der Waals surface area contributed by atoms with Gasteiger partial charge in [-0.05, 0) is 56.6 Å². The van der Waals surface area contributed by atoms with Gasteiger partial charge in [-0.3, -0.25) is 0 Å². The smallest absolute Gasteiger partial charge is 0.241 e. The first-order valence-electron chi connectivity index (χ1n) is 20.7. The van der Waals surface area contributed by atoms with Crippen LogP contribution >= 0.6 is 0 Å². The van der Waals surface area contributed by atoms with Gasteiger partial charge >= 0.3 is 0 Å². The summed E-state index contributed by atoms with van der Waals surface area (Å²) in [5, 5.41) is 0. The predicted octanol–water partition coefficient (Wildman–Crippen LogP) is 12.8. The molecule has 0 saturated heterocycles. The van der Waals surface area contributed by atoms with E-state index in [1.807, 2.05) is 126 Å². The lowest BCUT2D eigenvalue weighted by Gasteiger charge is -2.31. The lowest BCUT2D eigenvalue weighted by Crippen LogP contribution is -2.24. The second kappa shape index (κ2) is 14.0. The summed E-state index contributed by atoms with van der Waals surface area (Å²) in [6.07, 6.45) is 0. The Kier molecular flexibility index (Phi) is 8.36. The third-order valence-corrected chi connectivity index (χ3v) is 12.3. The van der Waals surface area contributed by atoms with Gasteiger partial charge < -0.3 is 0 Å². The Morgan fingerprint density at radius 2 is 0.672 bits per heavy atom. The number of benzene rings is 7. The molecule has 0 unspecified atom stereocenters. The minimum Gasteiger partial charge on any atom is -0.246 e. The number of rotatable bonds is 7. The second-order valence-corrected chi connectivity index (χ2v) is 16.8. The van der Waals surface area contributed by atoms with Gasteiger partial charge in [-0.25, -0.2) is 14.9 Å². The van der Waals surface area contributed by atoms with Crippen molar-refractivity contribution in [3.05, 3.63) is 198 Å². The van der Waals surface area contributed by atoms with Crippen LogP contribution in [0.25, 0.3) is 67.8 Å². The van der Waals surface area contributed by atoms with Crippen molar-refractivity contribution >= 4 is 17.6 Å². The van der Waals surface area contributed by atoms with Crippen LogP contribution in [0.2, 0.25) is 0 Å². The molecule has 7 aromatic carbocycles. The molecule has 2 heterocycles. The second-order valence-electron chi connectivity index (χ2n) is 16.8. The monoisotopic (exact) mass is 787 g/mol. The van der Waals surface area contributed by atoms with Crippen molar-refractivity contribution in [2.45, 2.75) is 38.5 Å². The highest BCUT2D eigenvalue weighted by Gasteiger charge is 2.46. The molecule has 0 amide bonds. The van der Waals surface area contributed by atoms with E-state index in [-0.39, 0.29) is 10.8 Å². The van der Waals surface area contributed by atoms with Crippen LogP contribution in [0, 0.1) is 0 Å². The average Bonchev–Trinajstić information content (AvgIpc) is 3.69. The zero-order chi connectivity index (χ0) is 41.3. The highest BCUT2D eigenvalue weighted by Crippen LogP contribution is 2.59. The van der Waals surface area contributed by atoms with E-state index >= 15 is 0 Å². The van der Waals surface area contributed by atoms with E-state index in [4.69, 9.17) is 29.9 Å². The van der Waals surface area contributed by atoms with Crippen LogP contribution in [-0.2, 0) is 10.8 Å². The number of hydrogen-bond acceptors (Lipinski definition) is 7. The summed E-state index contributed by atoms with van der Waals surface area (Å²) in [6, 6.07) is 60.4. The summed E-state index contributed by atoms with van der Waals surface area (Å²) in [6.45, 7) is 9.46. The number of fused-ring (bicyclic) bond motifs is 7. The molecule has 0 saturated carbocycles. The summed E-state index contributed by atoms with van der Waals surface area (Å²) in [5.74, 6) is 2.95. The fraction of sp³-hybridized carbons (Fsp3) is 0.111. The molecule has 7 heteroatoms. The van der Waals surface area contributed by atoms with Gasteiger partial charge in [0, 0.05) is 33.1 Å². The highest BCUT2D eigenvalue weighted by atomic mass is 15.4. The molecule has 7 nitrogen and oxygen atoms in total. The molecule has 292 valence electrons. The van der Waals surface area contributed by atoms with Gasteiger partial charge in [0.15, 0.2) is 23.3 Å². The Morgan fingerprint density at radius 3 is 1.10 bits per heavy atom. The van der Waals surface area contributed by atoms with Crippen molar-refractivity contribution in [2.75, 3.05) is 4.90 Å². The van der Waals surface area contributed by atoms with Crippen molar-refractivity contribution in [1.29, 1.82) is 0 Å². The van der Waals surface area contributed by atoms with Crippen LogP contribution < -0.4 is 4.90 Å². The van der Waals surface area contributed by atoms with E-state index in [1.165, 1.54) is 44.5 Å². The molecule has 2 aliphatic rings. The van der Waals surface area contributed by atoms with Crippen LogP contribution in [0.5, 0.6) is 0 Å². The minimum atomic E-state index is -0.343. The molecule has 2 aliphatic carbocycles. The molecule has 2 aromatic heterocycles. The lowest BCUT2D eigenvalue weighted by molar-refractivity contribution is 0.601. The molecule has 0 bridgehead atoms. The van der Waals surface area contributed by atoms with Crippen LogP contribution in [0.4, 0.5) is 17.6 Å². The molecular weight excluding hydrogens is 747 g/mol. The van der Waals surface area contributed by atoms with E-state index in [0.717, 1.165) is 27.9 Å². The standard InChI is InChI=1S/C54H41N7/c1-53(2)43-28-18-17-27-39(43)41-31-32-42-40-30-29-38(33-44(40)54(3,4)46(42)45(41)53)61(51-57-47(34-19-9-5-10-20-34)55-48(58-51)35-21-11-6-12-22-35)52-59-49(36-23-13-7-14-24-36)56-50(60-52)37-25-15-8-16-26-37/h5-33H,1-4H3. The van der Waals surface area contributed by atoms with Gasteiger partial charge in [0.25, 0.3) is 0 Å². The van der Waals surface area contributed by atoms with Crippen LogP contribution in [-0.4, -0.2) is 29.9 Å². The molecule has 0 spiro atoms. The normalized spacial score (nSPS) is 13.8. The third-order valence-electron chi connectivity index (χ3n) is 12.3. The first-order valence-corrected chi connectivity index (χ1v) is 20.7. The summed E-state index contributed by atoms with van der Waals surface area (Å²) < 4.78 is 0. The zero-order valence-electron chi connectivity index (χ0n) is 34.4. The summed E-state index contributed by atoms with van der Waals surface area (Å²) in [5.41, 5.74) is 14.3. The quantitative estimate of drug-likeness (QED) is 0.159. The molecule has 61 heavy (non-hydrogen) atoms. The third kappa shape index (κ3) is 5.95. The first-order chi connectivity index (χ1) is 29.8.